The number of benzene rings is 1. The summed E-state index contributed by atoms with van der Waals surface area (Å²) in [5.41, 5.74) is 8.15. The Morgan fingerprint density at radius 2 is 1.85 bits per heavy atom. The third kappa shape index (κ3) is 2.24. The van der Waals surface area contributed by atoms with Crippen molar-refractivity contribution in [2.45, 2.75) is 6.10 Å². The minimum absolute atomic E-state index is 0.423. The van der Waals surface area contributed by atoms with Crippen molar-refractivity contribution in [3.05, 3.63) is 66.2 Å². The molecular weight excluding hydrogens is 254 g/mol. The molecule has 6 nitrogen and oxygen atoms in total. The standard InChI is InChI=1S/C14H13N5O/c15-10-5-1-2-7-13(10)19-9-12(17-18-19)14(20)11-6-3-4-8-16-11/h1-9,14,20H,15H2. The summed E-state index contributed by atoms with van der Waals surface area (Å²) in [7, 11) is 0. The average molecular weight is 267 g/mol. The van der Waals surface area contributed by atoms with E-state index in [0.717, 1.165) is 5.69 Å². The zero-order valence-electron chi connectivity index (χ0n) is 10.6. The summed E-state index contributed by atoms with van der Waals surface area (Å²) < 4.78 is 1.54. The lowest BCUT2D eigenvalue weighted by molar-refractivity contribution is 0.210. The van der Waals surface area contributed by atoms with Crippen LogP contribution in [0.2, 0.25) is 0 Å². The lowest BCUT2D eigenvalue weighted by Gasteiger charge is -2.05. The van der Waals surface area contributed by atoms with Crippen LogP contribution in [0.5, 0.6) is 0 Å². The van der Waals surface area contributed by atoms with Crippen LogP contribution >= 0.6 is 0 Å². The SMILES string of the molecule is Nc1ccccc1-n1cc(C(O)c2ccccn2)nn1. The Hall–Kier alpha value is -2.73. The minimum Gasteiger partial charge on any atom is -0.397 e. The lowest BCUT2D eigenvalue weighted by atomic mass is 10.2. The maximum Gasteiger partial charge on any atom is 0.141 e. The van der Waals surface area contributed by atoms with Crippen LogP contribution in [0.15, 0.2) is 54.9 Å². The summed E-state index contributed by atoms with van der Waals surface area (Å²) in [5, 5.41) is 18.2. The van der Waals surface area contributed by atoms with Crippen molar-refractivity contribution in [2.75, 3.05) is 5.73 Å². The molecule has 2 aromatic heterocycles. The largest absolute Gasteiger partial charge is 0.397 e. The van der Waals surface area contributed by atoms with Crippen molar-refractivity contribution in [1.29, 1.82) is 0 Å². The fraction of sp³-hybridized carbons (Fsp3) is 0.0714. The van der Waals surface area contributed by atoms with Crippen molar-refractivity contribution in [2.24, 2.45) is 0 Å². The number of aliphatic hydroxyl groups excluding tert-OH is 1. The molecule has 1 aromatic carbocycles. The van der Waals surface area contributed by atoms with Gasteiger partial charge in [0, 0.05) is 6.20 Å². The number of aliphatic hydroxyl groups is 1. The van der Waals surface area contributed by atoms with Gasteiger partial charge in [0.2, 0.25) is 0 Å². The van der Waals surface area contributed by atoms with Crippen molar-refractivity contribution in [3.63, 3.8) is 0 Å². The molecule has 0 aliphatic carbocycles. The highest BCUT2D eigenvalue weighted by Gasteiger charge is 2.16. The molecule has 2 heterocycles. The normalized spacial score (nSPS) is 12.2. The minimum atomic E-state index is -0.908. The Kier molecular flexibility index (Phi) is 3.14. The second-order valence-electron chi connectivity index (χ2n) is 4.30. The van der Waals surface area contributed by atoms with E-state index in [0.29, 0.717) is 17.1 Å². The molecule has 0 saturated carbocycles. The quantitative estimate of drug-likeness (QED) is 0.699. The third-order valence-corrected chi connectivity index (χ3v) is 2.94. The van der Waals surface area contributed by atoms with Gasteiger partial charge in [-0.3, -0.25) is 4.98 Å². The van der Waals surface area contributed by atoms with E-state index < -0.39 is 6.10 Å². The second-order valence-corrected chi connectivity index (χ2v) is 4.30. The summed E-state index contributed by atoms with van der Waals surface area (Å²) in [6, 6.07) is 12.7. The van der Waals surface area contributed by atoms with Crippen LogP contribution in [0.25, 0.3) is 5.69 Å². The van der Waals surface area contributed by atoms with E-state index in [1.54, 1.807) is 30.6 Å². The predicted molar refractivity (Wildman–Crippen MR) is 74.1 cm³/mol. The first-order valence-corrected chi connectivity index (χ1v) is 6.12. The van der Waals surface area contributed by atoms with Gasteiger partial charge in [0.05, 0.1) is 23.3 Å². The molecule has 100 valence electrons. The molecule has 3 rings (SSSR count). The molecule has 0 bridgehead atoms. The number of aromatic nitrogens is 4. The van der Waals surface area contributed by atoms with Crippen LogP contribution < -0.4 is 5.73 Å². The summed E-state index contributed by atoms with van der Waals surface area (Å²) in [4.78, 5) is 4.10. The summed E-state index contributed by atoms with van der Waals surface area (Å²) in [6.07, 6.45) is 2.36. The molecule has 6 heteroatoms. The lowest BCUT2D eigenvalue weighted by Crippen LogP contribution is -2.02. The van der Waals surface area contributed by atoms with E-state index in [4.69, 9.17) is 5.73 Å². The number of pyridine rings is 1. The van der Waals surface area contributed by atoms with Gasteiger partial charge in [0.25, 0.3) is 0 Å². The maximum atomic E-state index is 10.2. The Morgan fingerprint density at radius 1 is 1.05 bits per heavy atom. The molecule has 0 aliphatic heterocycles. The molecule has 0 spiro atoms. The molecule has 0 saturated heterocycles. The summed E-state index contributed by atoms with van der Waals surface area (Å²) in [6.45, 7) is 0. The fourth-order valence-electron chi connectivity index (χ4n) is 1.91. The highest BCUT2D eigenvalue weighted by Crippen LogP contribution is 2.20. The van der Waals surface area contributed by atoms with Crippen LogP contribution in [0.3, 0.4) is 0 Å². The number of anilines is 1. The molecular formula is C14H13N5O. The molecule has 0 fully saturated rings. The van der Waals surface area contributed by atoms with Crippen molar-refractivity contribution < 1.29 is 5.11 Å². The van der Waals surface area contributed by atoms with Crippen LogP contribution in [0.4, 0.5) is 5.69 Å². The molecule has 0 radical (unpaired) electrons. The number of para-hydroxylation sites is 2. The predicted octanol–water partition coefficient (Wildman–Crippen LogP) is 1.33. The summed E-state index contributed by atoms with van der Waals surface area (Å²) >= 11 is 0. The van der Waals surface area contributed by atoms with E-state index in [1.165, 1.54) is 4.68 Å². The van der Waals surface area contributed by atoms with Crippen molar-refractivity contribution in [3.8, 4) is 5.69 Å². The molecule has 3 aromatic rings. The van der Waals surface area contributed by atoms with Crippen molar-refractivity contribution >= 4 is 5.69 Å². The molecule has 0 aliphatic rings. The molecule has 0 amide bonds. The van der Waals surface area contributed by atoms with E-state index in [1.807, 2.05) is 24.3 Å². The van der Waals surface area contributed by atoms with Gasteiger partial charge in [0.1, 0.15) is 11.8 Å². The van der Waals surface area contributed by atoms with Gasteiger partial charge < -0.3 is 10.8 Å². The highest BCUT2D eigenvalue weighted by molar-refractivity contribution is 5.56. The van der Waals surface area contributed by atoms with Crippen LogP contribution in [-0.2, 0) is 0 Å². The van der Waals surface area contributed by atoms with Gasteiger partial charge >= 0.3 is 0 Å². The van der Waals surface area contributed by atoms with E-state index in [9.17, 15) is 5.11 Å². The molecule has 1 unspecified atom stereocenters. The molecule has 1 atom stereocenters. The molecule has 20 heavy (non-hydrogen) atoms. The van der Waals surface area contributed by atoms with Gasteiger partial charge in [-0.1, -0.05) is 23.4 Å². The number of nitrogens with two attached hydrogens (primary N) is 1. The van der Waals surface area contributed by atoms with Gasteiger partial charge in [-0.15, -0.1) is 5.10 Å². The average Bonchev–Trinajstić information content (AvgIpc) is 2.97. The number of nitrogen functional groups attached to an aromatic ring is 1. The monoisotopic (exact) mass is 267 g/mol. The third-order valence-electron chi connectivity index (χ3n) is 2.94. The Morgan fingerprint density at radius 3 is 2.60 bits per heavy atom. The van der Waals surface area contributed by atoms with Crippen LogP contribution in [0, 0.1) is 0 Å². The number of rotatable bonds is 3. The van der Waals surface area contributed by atoms with Crippen LogP contribution in [0.1, 0.15) is 17.5 Å². The zero-order chi connectivity index (χ0) is 13.9. The van der Waals surface area contributed by atoms with Crippen molar-refractivity contribution in [1.82, 2.24) is 20.0 Å². The first-order valence-electron chi connectivity index (χ1n) is 6.12. The van der Waals surface area contributed by atoms with Gasteiger partial charge in [0.15, 0.2) is 0 Å². The summed E-state index contributed by atoms with van der Waals surface area (Å²) in [5.74, 6) is 0. The number of hydrogen-bond acceptors (Lipinski definition) is 5. The van der Waals surface area contributed by atoms with Gasteiger partial charge in [-0.05, 0) is 24.3 Å². The Balaban J connectivity index is 1.93. The zero-order valence-corrected chi connectivity index (χ0v) is 10.6. The van der Waals surface area contributed by atoms with Gasteiger partial charge in [-0.25, -0.2) is 4.68 Å². The van der Waals surface area contributed by atoms with Gasteiger partial charge in [-0.2, -0.15) is 0 Å². The molecule has 3 N–H and O–H groups in total. The Bertz CT molecular complexity index is 710. The maximum absolute atomic E-state index is 10.2. The van der Waals surface area contributed by atoms with Crippen LogP contribution in [-0.4, -0.2) is 25.1 Å². The smallest absolute Gasteiger partial charge is 0.141 e. The van der Waals surface area contributed by atoms with E-state index >= 15 is 0 Å². The highest BCUT2D eigenvalue weighted by atomic mass is 16.3. The fourth-order valence-corrected chi connectivity index (χ4v) is 1.91. The van der Waals surface area contributed by atoms with E-state index in [2.05, 4.69) is 15.3 Å². The first kappa shape index (κ1) is 12.3. The number of nitrogens with zero attached hydrogens (tertiary/aromatic N) is 4. The Labute approximate surface area is 115 Å². The second kappa shape index (κ2) is 5.10. The topological polar surface area (TPSA) is 89.8 Å². The first-order chi connectivity index (χ1) is 9.75. The van der Waals surface area contributed by atoms with E-state index in [-0.39, 0.29) is 0 Å². The number of hydrogen-bond donors (Lipinski definition) is 2.